The van der Waals surface area contributed by atoms with E-state index in [0.29, 0.717) is 0 Å². The summed E-state index contributed by atoms with van der Waals surface area (Å²) >= 11 is 0. The molecule has 0 unspecified atom stereocenters. The molecule has 7 aromatic carbocycles. The van der Waals surface area contributed by atoms with Crippen LogP contribution in [0.3, 0.4) is 0 Å². The zero-order chi connectivity index (χ0) is 45.3. The van der Waals surface area contributed by atoms with Crippen molar-refractivity contribution in [3.05, 3.63) is 259 Å². The summed E-state index contributed by atoms with van der Waals surface area (Å²) in [5.74, 6) is 0. The van der Waals surface area contributed by atoms with Crippen molar-refractivity contribution in [1.29, 1.82) is 0 Å². The van der Waals surface area contributed by atoms with Crippen molar-refractivity contribution in [3.8, 4) is 44.5 Å². The van der Waals surface area contributed by atoms with E-state index in [1.165, 1.54) is 21.5 Å². The molecule has 5 heterocycles. The van der Waals surface area contributed by atoms with Crippen LogP contribution >= 0.6 is 7.26 Å². The number of fused-ring (bicyclic) bond motifs is 8. The van der Waals surface area contributed by atoms with Crippen LogP contribution in [-0.4, -0.2) is 19.9 Å². The second kappa shape index (κ2) is 17.8. The smallest absolute Gasteiger partial charge is 0.116 e. The first-order valence-electron chi connectivity index (χ1n) is 23.2. The first kappa shape index (κ1) is 41.0. The average Bonchev–Trinajstić information content (AvgIpc) is 4.26. The summed E-state index contributed by atoms with van der Waals surface area (Å²) in [5, 5.41) is 3.97. The second-order valence-electron chi connectivity index (χ2n) is 17.2. The van der Waals surface area contributed by atoms with Crippen LogP contribution in [0.5, 0.6) is 0 Å². The standard InChI is InChI=1S/C63H46N4P/c1-8-22-44(23-9-1)59-52-36-37-53(64-52)60(45-24-10-2-11-25-45)55-40-41-57(66-55)62(47-28-14-4-15-29-47)63-48(42-58(67-63)61(46-26-12-3-13-27-46)56-39-38-54(59)65-56)43-68(49-30-16-5-17-31-49,50-32-18-6-19-33-50)51-34-20-7-21-35-51/h1-42,64,67H,43H2/q+1. The van der Waals surface area contributed by atoms with E-state index in [-0.39, 0.29) is 0 Å². The lowest BCUT2D eigenvalue weighted by molar-refractivity contribution is 1.31. The Balaban J connectivity index is 1.28. The van der Waals surface area contributed by atoms with Crippen LogP contribution in [0.1, 0.15) is 28.3 Å². The maximum absolute atomic E-state index is 5.67. The third-order valence-corrected chi connectivity index (χ3v) is 17.6. The quantitative estimate of drug-likeness (QED) is 0.142. The lowest BCUT2D eigenvalue weighted by Crippen LogP contribution is -2.32. The highest BCUT2D eigenvalue weighted by atomic mass is 31.2. The van der Waals surface area contributed by atoms with Gasteiger partial charge in [-0.15, -0.1) is 0 Å². The number of nitrogens with zero attached hydrogens (tertiary/aromatic N) is 2. The summed E-state index contributed by atoms with van der Waals surface area (Å²) in [7, 11) is -2.39. The molecule has 2 N–H and O–H groups in total. The third-order valence-electron chi connectivity index (χ3n) is 13.2. The van der Waals surface area contributed by atoms with Crippen molar-refractivity contribution in [2.24, 2.45) is 0 Å². The van der Waals surface area contributed by atoms with Gasteiger partial charge < -0.3 is 9.97 Å². The molecule has 0 saturated heterocycles. The van der Waals surface area contributed by atoms with Crippen LogP contribution in [0.4, 0.5) is 0 Å². The molecule has 0 amide bonds. The summed E-state index contributed by atoms with van der Waals surface area (Å²) in [6.45, 7) is 0. The van der Waals surface area contributed by atoms with Gasteiger partial charge in [0.2, 0.25) is 0 Å². The van der Waals surface area contributed by atoms with Crippen molar-refractivity contribution >= 4 is 69.5 Å². The molecule has 5 heteroatoms. The van der Waals surface area contributed by atoms with Crippen LogP contribution in [0.15, 0.2) is 231 Å². The number of rotatable bonds is 9. The van der Waals surface area contributed by atoms with Gasteiger partial charge in [-0.1, -0.05) is 176 Å². The molecular weight excluding hydrogens is 844 g/mol. The molecule has 322 valence electrons. The molecule has 3 aromatic heterocycles. The van der Waals surface area contributed by atoms with Gasteiger partial charge >= 0.3 is 0 Å². The highest BCUT2D eigenvalue weighted by Gasteiger charge is 2.46. The van der Waals surface area contributed by atoms with Crippen molar-refractivity contribution in [3.63, 3.8) is 0 Å². The molecule has 10 aromatic rings. The molecule has 0 saturated carbocycles. The van der Waals surface area contributed by atoms with E-state index in [9.17, 15) is 0 Å². The van der Waals surface area contributed by atoms with Crippen molar-refractivity contribution < 1.29 is 0 Å². The van der Waals surface area contributed by atoms with Gasteiger partial charge in [-0.3, -0.25) is 0 Å². The summed E-state index contributed by atoms with van der Waals surface area (Å²) in [5.41, 5.74) is 17.2. The lowest BCUT2D eigenvalue weighted by atomic mass is 10.0. The number of hydrogen-bond donors (Lipinski definition) is 2. The first-order chi connectivity index (χ1) is 33.7. The molecule has 2 aliphatic heterocycles. The Bertz CT molecular complexity index is 3560. The SMILES string of the molecule is C1=Cc2nc1c(-c1ccccc1)c1ccc([nH]1)c(-c1ccccc1)c1nc(c(-c3ccccc3)c3[nH]c(cc3C[P+](c3ccccc3)(c3ccccc3)c3ccccc3)c2-c2ccccc2)C=C1. The van der Waals surface area contributed by atoms with Crippen LogP contribution in [0.2, 0.25) is 0 Å². The monoisotopic (exact) mass is 889 g/mol. The lowest BCUT2D eigenvalue weighted by Gasteiger charge is -2.27. The van der Waals surface area contributed by atoms with E-state index in [1.54, 1.807) is 0 Å². The largest absolute Gasteiger partial charge is 0.354 e. The average molecular weight is 890 g/mol. The maximum atomic E-state index is 5.67. The Morgan fingerprint density at radius 1 is 0.309 bits per heavy atom. The number of nitrogens with one attached hydrogen (secondary N) is 2. The third kappa shape index (κ3) is 7.42. The van der Waals surface area contributed by atoms with Gasteiger partial charge in [0.25, 0.3) is 0 Å². The van der Waals surface area contributed by atoms with E-state index in [0.717, 1.165) is 95.5 Å². The zero-order valence-corrected chi connectivity index (χ0v) is 38.2. The summed E-state index contributed by atoms with van der Waals surface area (Å²) in [6.07, 6.45) is 9.50. The number of aromatic amines is 2. The Kier molecular flexibility index (Phi) is 10.7. The molecule has 0 radical (unpaired) electrons. The summed E-state index contributed by atoms with van der Waals surface area (Å²) < 4.78 is 0. The Morgan fingerprint density at radius 3 is 0.985 bits per heavy atom. The van der Waals surface area contributed by atoms with Gasteiger partial charge in [-0.25, -0.2) is 9.97 Å². The number of H-pyrrole nitrogens is 2. The minimum atomic E-state index is -2.39. The van der Waals surface area contributed by atoms with Crippen LogP contribution in [-0.2, 0) is 6.16 Å². The van der Waals surface area contributed by atoms with Gasteiger partial charge in [0.1, 0.15) is 29.3 Å². The van der Waals surface area contributed by atoms with E-state index >= 15 is 0 Å². The Labute approximate surface area is 397 Å². The molecular formula is C63H46N4P+. The molecule has 8 bridgehead atoms. The van der Waals surface area contributed by atoms with Crippen molar-refractivity contribution in [1.82, 2.24) is 19.9 Å². The minimum absolute atomic E-state index is 0.751. The van der Waals surface area contributed by atoms with E-state index in [2.05, 4.69) is 265 Å². The van der Waals surface area contributed by atoms with Crippen molar-refractivity contribution in [2.75, 3.05) is 0 Å². The zero-order valence-electron chi connectivity index (χ0n) is 37.3. The number of hydrogen-bond acceptors (Lipinski definition) is 2. The predicted octanol–water partition coefficient (Wildman–Crippen LogP) is 14.8. The molecule has 12 rings (SSSR count). The van der Waals surface area contributed by atoms with Crippen molar-refractivity contribution in [2.45, 2.75) is 6.16 Å². The van der Waals surface area contributed by atoms with Gasteiger partial charge in [0, 0.05) is 44.4 Å². The van der Waals surface area contributed by atoms with E-state index < -0.39 is 7.26 Å². The minimum Gasteiger partial charge on any atom is -0.354 e. The predicted molar refractivity (Wildman–Crippen MR) is 289 cm³/mol. The topological polar surface area (TPSA) is 57.4 Å². The highest BCUT2D eigenvalue weighted by Crippen LogP contribution is 2.59. The number of aromatic nitrogens is 4. The first-order valence-corrected chi connectivity index (χ1v) is 25.1. The normalized spacial score (nSPS) is 12.1. The van der Waals surface area contributed by atoms with Gasteiger partial charge in [-0.05, 0) is 101 Å². The van der Waals surface area contributed by atoms with E-state index in [1.807, 2.05) is 0 Å². The molecule has 0 fully saturated rings. The molecule has 0 atom stereocenters. The summed E-state index contributed by atoms with van der Waals surface area (Å²) in [6, 6.07) is 83.0. The molecule has 4 nitrogen and oxygen atoms in total. The fourth-order valence-corrected chi connectivity index (χ4v) is 14.4. The fourth-order valence-electron chi connectivity index (χ4n) is 10.1. The Hall–Kier alpha value is -8.43. The van der Waals surface area contributed by atoms with Crippen LogP contribution in [0.25, 0.3) is 90.9 Å². The van der Waals surface area contributed by atoms with Gasteiger partial charge in [0.15, 0.2) is 0 Å². The van der Waals surface area contributed by atoms with Gasteiger partial charge in [0.05, 0.1) is 28.3 Å². The van der Waals surface area contributed by atoms with Gasteiger partial charge in [-0.2, -0.15) is 0 Å². The van der Waals surface area contributed by atoms with Crippen LogP contribution < -0.4 is 15.9 Å². The molecule has 2 aliphatic rings. The molecule has 0 spiro atoms. The Morgan fingerprint density at radius 2 is 0.618 bits per heavy atom. The summed E-state index contributed by atoms with van der Waals surface area (Å²) in [4.78, 5) is 19.3. The number of benzene rings is 7. The molecule has 0 aliphatic carbocycles. The molecule has 68 heavy (non-hydrogen) atoms. The highest BCUT2D eigenvalue weighted by molar-refractivity contribution is 7.95. The van der Waals surface area contributed by atoms with Crippen LogP contribution in [0, 0.1) is 0 Å². The second-order valence-corrected chi connectivity index (χ2v) is 20.7. The fraction of sp³-hybridized carbons (Fsp3) is 0.0159. The maximum Gasteiger partial charge on any atom is 0.116 e. The van der Waals surface area contributed by atoms with E-state index in [4.69, 9.17) is 9.97 Å².